The quantitative estimate of drug-likeness (QED) is 0.217. The van der Waals surface area contributed by atoms with Crippen LogP contribution in [0, 0.1) is 0 Å². The minimum Gasteiger partial charge on any atom is -0.479 e. The number of rotatable bonds is 9. The first kappa shape index (κ1) is 25.6. The molecule has 2 unspecified atom stereocenters. The topological polar surface area (TPSA) is 201 Å². The number of fused-ring (bicyclic) bond motifs is 1. The van der Waals surface area contributed by atoms with Crippen molar-refractivity contribution in [1.82, 2.24) is 20.6 Å². The number of benzene rings is 2. The van der Waals surface area contributed by atoms with Crippen molar-refractivity contribution < 1.29 is 28.0 Å². The first-order valence-corrected chi connectivity index (χ1v) is 13.4. The number of nitrogens with one attached hydrogen (secondary N) is 4. The number of anilines is 1. The molecule has 7 N–H and O–H groups in total. The minimum atomic E-state index is -4.60. The Bertz CT molecular complexity index is 1510. The number of aromatic nitrogens is 2. The number of amides is 1. The maximum absolute atomic E-state index is 13.3. The van der Waals surface area contributed by atoms with E-state index in [1.807, 2.05) is 0 Å². The van der Waals surface area contributed by atoms with Crippen molar-refractivity contribution in [3.8, 4) is 0 Å². The predicted molar refractivity (Wildman–Crippen MR) is 138 cm³/mol. The number of carbonyl (C=O) groups excluding carboxylic acids is 1. The molecule has 0 bridgehead atoms. The Balaban J connectivity index is 1.23. The van der Waals surface area contributed by atoms with Gasteiger partial charge in [0.2, 0.25) is 14.7 Å². The number of carboxylic acid groups (broad SMARTS) is 1. The van der Waals surface area contributed by atoms with E-state index in [9.17, 15) is 23.1 Å². The number of hydrogen-bond acceptors (Lipinski definition) is 10. The van der Waals surface area contributed by atoms with Gasteiger partial charge in [0, 0.05) is 44.4 Å². The maximum atomic E-state index is 13.3. The van der Waals surface area contributed by atoms with E-state index < -0.39 is 38.7 Å². The summed E-state index contributed by atoms with van der Waals surface area (Å²) in [5, 5.41) is 23.9. The fourth-order valence-corrected chi connectivity index (χ4v) is 6.08. The summed E-state index contributed by atoms with van der Waals surface area (Å²) in [5.41, 5.74) is 5.25. The van der Waals surface area contributed by atoms with Gasteiger partial charge in [-0.3, -0.25) is 4.79 Å². The monoisotopic (exact) mass is 541 g/mol. The highest BCUT2D eigenvalue weighted by molar-refractivity contribution is 7.93. The van der Waals surface area contributed by atoms with Crippen molar-refractivity contribution in [3.63, 3.8) is 0 Å². The molecule has 2 aromatic carbocycles. The van der Waals surface area contributed by atoms with Crippen LogP contribution in [0.15, 0.2) is 64.9 Å². The Morgan fingerprint density at radius 2 is 2.03 bits per heavy atom. The summed E-state index contributed by atoms with van der Waals surface area (Å²) >= 11 is 0. The van der Waals surface area contributed by atoms with Crippen LogP contribution >= 0.6 is 0 Å². The van der Waals surface area contributed by atoms with Gasteiger partial charge in [-0.25, -0.2) is 18.2 Å². The molecule has 3 atom stereocenters. The van der Waals surface area contributed by atoms with Crippen LogP contribution in [0.1, 0.15) is 12.8 Å². The number of aliphatic carboxylic acids is 1. The summed E-state index contributed by atoms with van der Waals surface area (Å²) in [5.74, 6) is -1.90. The second kappa shape index (κ2) is 9.70. The summed E-state index contributed by atoms with van der Waals surface area (Å²) in [6, 6.07) is 11.3. The van der Waals surface area contributed by atoms with Crippen LogP contribution in [0.25, 0.3) is 10.8 Å². The Morgan fingerprint density at radius 3 is 2.76 bits per heavy atom. The van der Waals surface area contributed by atoms with E-state index in [0.29, 0.717) is 30.8 Å². The molecule has 14 heteroatoms. The number of carboxylic acids is 1. The SMILES string of the molecule is N[C@](CNC(=O)C1=NOC2(CNC(CNc3ncc[nH]3)C2)C1)(C(=O)O)S(=O)(=O)c1ccc2ccccc2c1. The Labute approximate surface area is 217 Å². The Kier molecular flexibility index (Phi) is 6.54. The molecule has 38 heavy (non-hydrogen) atoms. The average Bonchev–Trinajstić information content (AvgIpc) is 3.67. The molecule has 2 aliphatic rings. The van der Waals surface area contributed by atoms with Crippen molar-refractivity contribution in [1.29, 1.82) is 0 Å². The van der Waals surface area contributed by atoms with Crippen LogP contribution < -0.4 is 21.7 Å². The van der Waals surface area contributed by atoms with Gasteiger partial charge in [0.25, 0.3) is 5.91 Å². The van der Waals surface area contributed by atoms with Gasteiger partial charge in [0.05, 0.1) is 11.4 Å². The fraction of sp³-hybridized carbons (Fsp3) is 0.333. The molecule has 0 aliphatic carbocycles. The lowest BCUT2D eigenvalue weighted by Gasteiger charge is -2.25. The first-order chi connectivity index (χ1) is 18.1. The maximum Gasteiger partial charge on any atom is 0.341 e. The molecule has 3 heterocycles. The second-order valence-corrected chi connectivity index (χ2v) is 11.7. The Hall–Kier alpha value is -4.01. The third-order valence-corrected chi connectivity index (χ3v) is 8.98. The number of hydrogen-bond donors (Lipinski definition) is 6. The molecule has 0 saturated carbocycles. The number of nitrogens with zero attached hydrogens (tertiary/aromatic N) is 2. The molecule has 1 saturated heterocycles. The van der Waals surface area contributed by atoms with Crippen molar-refractivity contribution >= 4 is 44.1 Å². The van der Waals surface area contributed by atoms with Crippen LogP contribution in [-0.4, -0.2) is 77.2 Å². The first-order valence-electron chi connectivity index (χ1n) is 11.9. The zero-order valence-electron chi connectivity index (χ0n) is 20.2. The van der Waals surface area contributed by atoms with Gasteiger partial charge in [0.1, 0.15) is 5.71 Å². The van der Waals surface area contributed by atoms with Crippen LogP contribution in [-0.2, 0) is 24.3 Å². The smallest absolute Gasteiger partial charge is 0.341 e. The number of carbonyl (C=O) groups is 2. The molecule has 1 aromatic heterocycles. The fourth-order valence-electron chi connectivity index (χ4n) is 4.64. The van der Waals surface area contributed by atoms with Gasteiger partial charge < -0.3 is 36.6 Å². The summed E-state index contributed by atoms with van der Waals surface area (Å²) in [4.78, 5) is 34.5. The number of sulfone groups is 1. The molecule has 1 fully saturated rings. The summed E-state index contributed by atoms with van der Waals surface area (Å²) < 4.78 is 26.7. The van der Waals surface area contributed by atoms with Crippen LogP contribution in [0.2, 0.25) is 0 Å². The summed E-state index contributed by atoms with van der Waals surface area (Å²) in [6.45, 7) is 0.154. The number of oxime groups is 1. The normalized spacial score (nSPS) is 22.6. The van der Waals surface area contributed by atoms with Gasteiger partial charge >= 0.3 is 5.97 Å². The van der Waals surface area contributed by atoms with Gasteiger partial charge in [-0.15, -0.1) is 0 Å². The highest BCUT2D eigenvalue weighted by Gasteiger charge is 2.50. The molecule has 200 valence electrons. The number of nitrogens with two attached hydrogens (primary N) is 1. The number of H-pyrrole nitrogens is 1. The van der Waals surface area contributed by atoms with Crippen LogP contribution in [0.4, 0.5) is 5.95 Å². The lowest BCUT2D eigenvalue weighted by molar-refractivity contribution is -0.139. The lowest BCUT2D eigenvalue weighted by Crippen LogP contribution is -2.61. The van der Waals surface area contributed by atoms with Gasteiger partial charge in [-0.1, -0.05) is 35.5 Å². The van der Waals surface area contributed by atoms with Gasteiger partial charge in [-0.2, -0.15) is 0 Å². The van der Waals surface area contributed by atoms with Crippen molar-refractivity contribution in [2.45, 2.75) is 34.3 Å². The molecule has 5 rings (SSSR count). The standard InChI is InChI=1S/C24H27N7O6S/c25-24(21(33)34,38(35,36)18-6-5-15-3-1-2-4-16(15)9-18)14-30-20(32)19-11-23(37-31-19)10-17(29-13-23)12-28-22-26-7-8-27-22/h1-9,17,29H,10-14,25H2,(H,30,32)(H,33,34)(H2,26,27,28)/t17?,23?,24-/m0/s1. The third kappa shape index (κ3) is 4.68. The van der Waals surface area contributed by atoms with Crippen molar-refractivity contribution in [2.75, 3.05) is 25.0 Å². The van der Waals surface area contributed by atoms with E-state index in [-0.39, 0.29) is 23.1 Å². The minimum absolute atomic E-state index is 0.0299. The largest absolute Gasteiger partial charge is 0.479 e. The van der Waals surface area contributed by atoms with Gasteiger partial charge in [0.15, 0.2) is 11.5 Å². The second-order valence-electron chi connectivity index (χ2n) is 9.48. The van der Waals surface area contributed by atoms with E-state index in [1.165, 1.54) is 12.1 Å². The zero-order valence-corrected chi connectivity index (χ0v) is 21.0. The van der Waals surface area contributed by atoms with Crippen LogP contribution in [0.3, 0.4) is 0 Å². The van der Waals surface area contributed by atoms with E-state index in [4.69, 9.17) is 10.6 Å². The average molecular weight is 542 g/mol. The van der Waals surface area contributed by atoms with Crippen molar-refractivity contribution in [3.05, 3.63) is 54.9 Å². The molecule has 1 amide bonds. The number of imidazole rings is 1. The lowest BCUT2D eigenvalue weighted by atomic mass is 9.94. The summed E-state index contributed by atoms with van der Waals surface area (Å²) in [7, 11) is -4.60. The van der Waals surface area contributed by atoms with E-state index in [2.05, 4.69) is 31.1 Å². The molecule has 2 aliphatic heterocycles. The van der Waals surface area contributed by atoms with E-state index in [0.717, 1.165) is 5.39 Å². The predicted octanol–water partition coefficient (Wildman–Crippen LogP) is 0.182. The molecular weight excluding hydrogens is 514 g/mol. The van der Waals surface area contributed by atoms with Crippen molar-refractivity contribution in [2.24, 2.45) is 10.9 Å². The Morgan fingerprint density at radius 1 is 1.24 bits per heavy atom. The molecule has 13 nitrogen and oxygen atoms in total. The molecule has 3 aromatic rings. The van der Waals surface area contributed by atoms with E-state index >= 15 is 0 Å². The summed E-state index contributed by atoms with van der Waals surface area (Å²) in [6.07, 6.45) is 4.08. The van der Waals surface area contributed by atoms with Gasteiger partial charge in [-0.05, 0) is 22.9 Å². The highest BCUT2D eigenvalue weighted by atomic mass is 32.2. The molecule has 0 radical (unpaired) electrons. The highest BCUT2D eigenvalue weighted by Crippen LogP contribution is 2.33. The number of aromatic amines is 1. The third-order valence-electron chi connectivity index (χ3n) is 6.83. The van der Waals surface area contributed by atoms with E-state index in [1.54, 1.807) is 42.7 Å². The van der Waals surface area contributed by atoms with Crippen LogP contribution in [0.5, 0.6) is 0 Å². The zero-order chi connectivity index (χ0) is 27.0. The molecule has 1 spiro atoms. The molecular formula is C24H27N7O6S.